The van der Waals surface area contributed by atoms with E-state index in [-0.39, 0.29) is 35.3 Å². The predicted molar refractivity (Wildman–Crippen MR) is 175 cm³/mol. The highest BCUT2D eigenvalue weighted by Gasteiger charge is 2.33. The number of amides is 1. The molecule has 1 fully saturated rings. The van der Waals surface area contributed by atoms with Gasteiger partial charge in [-0.3, -0.25) is 10.2 Å². The molecule has 44 heavy (non-hydrogen) atoms. The van der Waals surface area contributed by atoms with E-state index < -0.39 is 16.1 Å². The van der Waals surface area contributed by atoms with Gasteiger partial charge in [0, 0.05) is 38.1 Å². The third-order valence-electron chi connectivity index (χ3n) is 8.14. The monoisotopic (exact) mass is 612 g/mol. The second kappa shape index (κ2) is 14.5. The molecule has 1 aliphatic rings. The fourth-order valence-electron chi connectivity index (χ4n) is 5.78. The van der Waals surface area contributed by atoms with Crippen molar-refractivity contribution in [2.45, 2.75) is 42.2 Å². The molecular formula is C34H40N6O3S. The first-order valence-corrected chi connectivity index (χ1v) is 16.5. The van der Waals surface area contributed by atoms with Crippen molar-refractivity contribution in [3.63, 3.8) is 0 Å². The number of hydrogen-bond acceptors (Lipinski definition) is 5. The fourth-order valence-corrected chi connectivity index (χ4v) is 6.90. The Labute approximate surface area is 259 Å². The molecule has 10 heteroatoms. The molecule has 4 aromatic rings. The molecule has 1 heterocycles. The summed E-state index contributed by atoms with van der Waals surface area (Å²) in [5.41, 5.74) is 7.71. The number of benzene rings is 4. The fraction of sp³-hybridized carbons (Fsp3) is 0.294. The first-order chi connectivity index (χ1) is 21.3. The van der Waals surface area contributed by atoms with Crippen LogP contribution in [0.5, 0.6) is 0 Å². The van der Waals surface area contributed by atoms with Crippen LogP contribution in [0.3, 0.4) is 0 Å². The van der Waals surface area contributed by atoms with Gasteiger partial charge in [0.2, 0.25) is 15.9 Å². The van der Waals surface area contributed by atoms with E-state index in [9.17, 15) is 13.2 Å². The predicted octanol–water partition coefficient (Wildman–Crippen LogP) is 3.77. The summed E-state index contributed by atoms with van der Waals surface area (Å²) in [4.78, 5) is 16.1. The maximum Gasteiger partial charge on any atom is 0.240 e. The molecule has 0 aliphatic carbocycles. The summed E-state index contributed by atoms with van der Waals surface area (Å²) in [5.74, 6) is -0.129. The van der Waals surface area contributed by atoms with Gasteiger partial charge in [-0.25, -0.2) is 13.1 Å². The Bertz CT molecular complexity index is 1630. The van der Waals surface area contributed by atoms with E-state index >= 15 is 0 Å². The van der Waals surface area contributed by atoms with Gasteiger partial charge in [0.05, 0.1) is 10.9 Å². The summed E-state index contributed by atoms with van der Waals surface area (Å²) in [6.45, 7) is 1.62. The molecular weight excluding hydrogens is 572 g/mol. The van der Waals surface area contributed by atoms with Gasteiger partial charge < -0.3 is 21.3 Å². The van der Waals surface area contributed by atoms with E-state index in [0.29, 0.717) is 38.9 Å². The molecule has 0 saturated carbocycles. The molecule has 9 nitrogen and oxygen atoms in total. The van der Waals surface area contributed by atoms with Gasteiger partial charge in [0.25, 0.3) is 0 Å². The Morgan fingerprint density at radius 2 is 1.57 bits per heavy atom. The first kappa shape index (κ1) is 31.2. The molecule has 0 spiro atoms. The van der Waals surface area contributed by atoms with Crippen molar-refractivity contribution < 1.29 is 13.2 Å². The lowest BCUT2D eigenvalue weighted by molar-refractivity contribution is -0.133. The van der Waals surface area contributed by atoms with Crippen LogP contribution in [0.1, 0.15) is 36.3 Å². The highest BCUT2D eigenvalue weighted by atomic mass is 32.2. The van der Waals surface area contributed by atoms with Gasteiger partial charge in [0.1, 0.15) is 0 Å². The number of rotatable bonds is 12. The number of carbonyl (C=O) groups excluding carboxylic acids is 1. The van der Waals surface area contributed by atoms with Crippen molar-refractivity contribution >= 4 is 32.7 Å². The zero-order valence-corrected chi connectivity index (χ0v) is 25.5. The van der Waals surface area contributed by atoms with Crippen LogP contribution in [0.4, 0.5) is 0 Å². The van der Waals surface area contributed by atoms with E-state index in [1.54, 1.807) is 12.1 Å². The number of hydrogen-bond donors (Lipinski definition) is 5. The largest absolute Gasteiger partial charge is 0.370 e. The SMILES string of the molecule is N=C(N)NCCC[C@@H]1N[C@H](CNS(=O)(=O)c2ccc3ccccc3c2)CCN(CC(c2ccccc2)c2ccccc2)C1=O. The molecule has 0 bridgehead atoms. The number of nitrogens with one attached hydrogen (secondary N) is 4. The zero-order chi connectivity index (χ0) is 30.9. The number of fused-ring (bicyclic) bond motifs is 1. The van der Waals surface area contributed by atoms with E-state index in [1.807, 2.05) is 71.6 Å². The van der Waals surface area contributed by atoms with E-state index in [0.717, 1.165) is 21.9 Å². The molecule has 1 amide bonds. The second-order valence-electron chi connectivity index (χ2n) is 11.2. The van der Waals surface area contributed by atoms with E-state index in [2.05, 4.69) is 39.6 Å². The molecule has 1 aliphatic heterocycles. The Morgan fingerprint density at radius 1 is 0.932 bits per heavy atom. The molecule has 6 N–H and O–H groups in total. The maximum absolute atomic E-state index is 14.0. The van der Waals surface area contributed by atoms with E-state index in [1.165, 1.54) is 0 Å². The quantitative estimate of drug-likeness (QED) is 0.0938. The third-order valence-corrected chi connectivity index (χ3v) is 9.56. The Kier molecular flexibility index (Phi) is 10.3. The summed E-state index contributed by atoms with van der Waals surface area (Å²) in [7, 11) is -3.77. The van der Waals surface area contributed by atoms with Crippen LogP contribution in [-0.4, -0.2) is 63.4 Å². The number of carbonyl (C=O) groups is 1. The van der Waals surface area contributed by atoms with Gasteiger partial charge >= 0.3 is 0 Å². The van der Waals surface area contributed by atoms with Crippen LogP contribution in [0, 0.1) is 5.41 Å². The van der Waals surface area contributed by atoms with Crippen molar-refractivity contribution in [3.05, 3.63) is 114 Å². The number of nitrogens with zero attached hydrogens (tertiary/aromatic N) is 1. The summed E-state index contributed by atoms with van der Waals surface area (Å²) >= 11 is 0. The van der Waals surface area contributed by atoms with Gasteiger partial charge in [-0.05, 0) is 53.3 Å². The van der Waals surface area contributed by atoms with Crippen molar-refractivity contribution in [2.75, 3.05) is 26.2 Å². The normalized spacial score (nSPS) is 17.5. The molecule has 0 radical (unpaired) electrons. The van der Waals surface area contributed by atoms with Crippen molar-refractivity contribution in [2.24, 2.45) is 5.73 Å². The Hall–Kier alpha value is -4.25. The molecule has 5 rings (SSSR count). The minimum absolute atomic E-state index is 0.00965. The minimum Gasteiger partial charge on any atom is -0.370 e. The van der Waals surface area contributed by atoms with Crippen LogP contribution >= 0.6 is 0 Å². The van der Waals surface area contributed by atoms with Crippen molar-refractivity contribution in [1.82, 2.24) is 20.3 Å². The van der Waals surface area contributed by atoms with Gasteiger partial charge in [-0.1, -0.05) is 91.0 Å². The number of nitrogens with two attached hydrogens (primary N) is 1. The second-order valence-corrected chi connectivity index (χ2v) is 13.0. The first-order valence-electron chi connectivity index (χ1n) is 15.0. The van der Waals surface area contributed by atoms with Crippen LogP contribution in [0.2, 0.25) is 0 Å². The Balaban J connectivity index is 1.33. The molecule has 230 valence electrons. The number of sulfonamides is 1. The number of guanidine groups is 1. The summed E-state index contributed by atoms with van der Waals surface area (Å²) in [6, 6.07) is 32.4. The Morgan fingerprint density at radius 3 is 2.23 bits per heavy atom. The minimum atomic E-state index is -3.77. The average molecular weight is 613 g/mol. The maximum atomic E-state index is 14.0. The lowest BCUT2D eigenvalue weighted by Gasteiger charge is -2.29. The molecule has 0 aromatic heterocycles. The van der Waals surface area contributed by atoms with Crippen LogP contribution in [0.15, 0.2) is 108 Å². The third kappa shape index (κ3) is 8.02. The van der Waals surface area contributed by atoms with Crippen LogP contribution in [0.25, 0.3) is 10.8 Å². The van der Waals surface area contributed by atoms with Crippen LogP contribution < -0.4 is 21.1 Å². The van der Waals surface area contributed by atoms with Crippen molar-refractivity contribution in [1.29, 1.82) is 5.41 Å². The average Bonchev–Trinajstić information content (AvgIpc) is 3.19. The van der Waals surface area contributed by atoms with Gasteiger partial charge in [0.15, 0.2) is 5.96 Å². The van der Waals surface area contributed by atoms with Gasteiger partial charge in [-0.15, -0.1) is 0 Å². The summed E-state index contributed by atoms with van der Waals surface area (Å²) in [6.07, 6.45) is 1.72. The van der Waals surface area contributed by atoms with Gasteiger partial charge in [-0.2, -0.15) is 0 Å². The topological polar surface area (TPSA) is 140 Å². The zero-order valence-electron chi connectivity index (χ0n) is 24.7. The highest BCUT2D eigenvalue weighted by Crippen LogP contribution is 2.27. The molecule has 0 unspecified atom stereocenters. The molecule has 1 saturated heterocycles. The highest BCUT2D eigenvalue weighted by molar-refractivity contribution is 7.89. The molecule has 2 atom stereocenters. The van der Waals surface area contributed by atoms with Crippen molar-refractivity contribution in [3.8, 4) is 0 Å². The van der Waals surface area contributed by atoms with E-state index in [4.69, 9.17) is 11.1 Å². The lowest BCUT2D eigenvalue weighted by atomic mass is 9.90. The smallest absolute Gasteiger partial charge is 0.240 e. The lowest BCUT2D eigenvalue weighted by Crippen LogP contribution is -2.49. The summed E-state index contributed by atoms with van der Waals surface area (Å²) in [5, 5.41) is 15.5. The van der Waals surface area contributed by atoms with Crippen LogP contribution in [-0.2, 0) is 14.8 Å². The standard InChI is InChI=1S/C34H40N6O3S/c35-34(36)37-20-9-16-32-33(41)40(24-31(26-11-3-1-4-12-26)27-13-5-2-6-14-27)21-19-29(39-32)23-38-44(42,43)30-18-17-25-10-7-8-15-28(25)22-30/h1-8,10-15,17-18,22,29,31-32,38-39H,9,16,19-21,23-24H2,(H4,35,36,37)/t29-,32-/m0/s1. The summed E-state index contributed by atoms with van der Waals surface area (Å²) < 4.78 is 29.4. The molecule has 4 aromatic carbocycles.